The van der Waals surface area contributed by atoms with Crippen LogP contribution in [-0.4, -0.2) is 72.5 Å². The third-order valence-corrected chi connectivity index (χ3v) is 12.0. The van der Waals surface area contributed by atoms with E-state index in [1.165, 1.54) is 0 Å². The smallest absolute Gasteiger partial charge is 0.376 e. The summed E-state index contributed by atoms with van der Waals surface area (Å²) in [4.78, 5) is 53.9. The summed E-state index contributed by atoms with van der Waals surface area (Å²) in [5.74, 6) is 0. The van der Waals surface area contributed by atoms with Crippen molar-refractivity contribution in [1.82, 2.24) is 18.9 Å². The number of aryl methyl sites for hydroxylation is 1. The second kappa shape index (κ2) is 10.3. The molecule has 19 heteroatoms. The van der Waals surface area contributed by atoms with Crippen LogP contribution in [-0.2, 0) is 32.0 Å². The molecule has 1 fully saturated rings. The van der Waals surface area contributed by atoms with Crippen LogP contribution in [0.25, 0.3) is 10.9 Å². The molecule has 2 aromatic heterocycles. The lowest BCUT2D eigenvalue weighted by Gasteiger charge is -2.26. The Balaban J connectivity index is 1.59. The monoisotopic (exact) mass is 614 g/mol. The van der Waals surface area contributed by atoms with E-state index in [0.29, 0.717) is 11.1 Å². The predicted octanol–water partition coefficient (Wildman–Crippen LogP) is 0.0328. The molecule has 3 heterocycles. The number of hydrogen-bond donors (Lipinski definition) is 5. The number of alkyl halides is 2. The van der Waals surface area contributed by atoms with Crippen molar-refractivity contribution in [2.75, 3.05) is 6.61 Å². The van der Waals surface area contributed by atoms with Crippen LogP contribution < -0.4 is 11.2 Å². The number of fused-ring (bicyclic) bond motifs is 1. The summed E-state index contributed by atoms with van der Waals surface area (Å²) in [6, 6.07) is 8.21. The van der Waals surface area contributed by atoms with Gasteiger partial charge in [-0.05, 0) is 6.07 Å². The fourth-order valence-electron chi connectivity index (χ4n) is 3.94. The molecule has 3 aromatic rings. The maximum Gasteiger partial charge on any atom is 0.376 e. The maximum absolute atomic E-state index is 13.2. The molecule has 0 amide bonds. The minimum Gasteiger partial charge on any atom is -0.387 e. The van der Waals surface area contributed by atoms with Crippen molar-refractivity contribution in [3.63, 3.8) is 0 Å². The molecule has 5 N–H and O–H groups in total. The van der Waals surface area contributed by atoms with Crippen molar-refractivity contribution in [2.24, 2.45) is 7.05 Å². The molecule has 0 spiro atoms. The zero-order chi connectivity index (χ0) is 28.2. The van der Waals surface area contributed by atoms with Crippen LogP contribution in [0.5, 0.6) is 0 Å². The molecule has 38 heavy (non-hydrogen) atoms. The second-order valence-corrected chi connectivity index (χ2v) is 14.9. The third-order valence-electron chi connectivity index (χ3n) is 5.95. The highest BCUT2D eigenvalue weighted by molar-refractivity contribution is 7.78. The van der Waals surface area contributed by atoms with Gasteiger partial charge in [-0.1, -0.05) is 41.4 Å². The normalized spacial score (nSPS) is 24.1. The Kier molecular flexibility index (Phi) is 7.87. The fourth-order valence-corrected chi connectivity index (χ4v) is 6.23. The lowest BCUT2D eigenvalue weighted by atomic mass is 10.1. The number of para-hydroxylation sites is 1. The number of rotatable bonds is 8. The van der Waals surface area contributed by atoms with E-state index < -0.39 is 61.4 Å². The summed E-state index contributed by atoms with van der Waals surface area (Å²) in [6.45, 7) is -1.22. The molecule has 15 nitrogen and oxygen atoms in total. The first-order valence-corrected chi connectivity index (χ1v) is 14.7. The maximum atomic E-state index is 13.2. The van der Waals surface area contributed by atoms with Gasteiger partial charge in [0, 0.05) is 24.7 Å². The molecule has 1 saturated heterocycles. The van der Waals surface area contributed by atoms with E-state index in [-0.39, 0.29) is 6.54 Å². The van der Waals surface area contributed by atoms with E-state index in [1.807, 2.05) is 12.1 Å². The molecule has 1 aliphatic rings. The van der Waals surface area contributed by atoms with E-state index in [2.05, 4.69) is 9.62 Å². The number of hydrogen-bond acceptors (Lipinski definition) is 9. The number of aromatic nitrogens is 4. The predicted molar refractivity (Wildman–Crippen MR) is 133 cm³/mol. The first kappa shape index (κ1) is 29.1. The zero-order valence-corrected chi connectivity index (χ0v) is 22.6. The van der Waals surface area contributed by atoms with Crippen LogP contribution in [0.15, 0.2) is 46.1 Å². The molecular formula is C19H22Cl2N4O11P2. The largest absolute Gasteiger partial charge is 0.387 e. The van der Waals surface area contributed by atoms with Gasteiger partial charge in [-0.25, -0.2) is 4.79 Å². The summed E-state index contributed by atoms with van der Waals surface area (Å²) in [5.41, 5.74) is -0.396. The van der Waals surface area contributed by atoms with Crippen LogP contribution >= 0.6 is 38.4 Å². The van der Waals surface area contributed by atoms with E-state index in [1.54, 1.807) is 23.9 Å². The molecule has 1 aliphatic heterocycles. The highest BCUT2D eigenvalue weighted by Gasteiger charge is 2.60. The molecule has 0 aliphatic carbocycles. The van der Waals surface area contributed by atoms with Gasteiger partial charge < -0.3 is 34.2 Å². The number of aliphatic hydroxyl groups excluding tert-OH is 2. The molecule has 0 saturated carbocycles. The highest BCUT2D eigenvalue weighted by atomic mass is 35.5. The van der Waals surface area contributed by atoms with Crippen molar-refractivity contribution in [3.8, 4) is 0 Å². The van der Waals surface area contributed by atoms with Crippen LogP contribution in [0.2, 0.25) is 0 Å². The van der Waals surface area contributed by atoms with E-state index in [0.717, 1.165) is 26.9 Å². The van der Waals surface area contributed by atoms with Crippen molar-refractivity contribution >= 4 is 49.3 Å². The van der Waals surface area contributed by atoms with Crippen molar-refractivity contribution < 1.29 is 43.3 Å². The van der Waals surface area contributed by atoms with Gasteiger partial charge in [0.2, 0.25) is 0 Å². The van der Waals surface area contributed by atoms with E-state index in [4.69, 9.17) is 37.7 Å². The van der Waals surface area contributed by atoms with Crippen LogP contribution in [0.3, 0.4) is 0 Å². The number of ether oxygens (including phenoxy) is 1. The van der Waals surface area contributed by atoms with Gasteiger partial charge in [0.1, 0.15) is 18.3 Å². The van der Waals surface area contributed by atoms with Crippen LogP contribution in [0.1, 0.15) is 11.9 Å². The lowest BCUT2D eigenvalue weighted by Crippen LogP contribution is -2.43. The van der Waals surface area contributed by atoms with Gasteiger partial charge in [-0.15, -0.1) is 0 Å². The van der Waals surface area contributed by atoms with E-state index in [9.17, 15) is 33.8 Å². The standard InChI is InChI=1S/C19H22Cl2N4O11P2/c1-23-12-5-3-2-4-10(12)11(22-23)8-25-14(26)6-7-24(18(25)29)17-16(28)15(27)13(36-17)9-35-38(33,34)19(20,21)37(30,31)32/h2-7,13,15-17,27-28H,8-9H2,1H3,(H,33,34)(H2,30,31,32)/t13-,15?,16?,17-/m1/s1. The molecule has 5 atom stereocenters. The SMILES string of the molecule is Cn1nc(Cn2c(=O)ccn([C@@H]3O[C@H](COP(=O)(O)C(Cl)(Cl)P(=O)(O)O)C(O)C3O)c2=O)c2ccccc21. The zero-order valence-electron chi connectivity index (χ0n) is 19.3. The Hall–Kier alpha value is -1.87. The van der Waals surface area contributed by atoms with Crippen molar-refractivity contribution in [3.05, 3.63) is 63.1 Å². The second-order valence-electron chi connectivity index (χ2n) is 8.43. The summed E-state index contributed by atoms with van der Waals surface area (Å²) < 4.78 is 33.5. The Morgan fingerprint density at radius 2 is 1.76 bits per heavy atom. The fraction of sp³-hybridized carbons (Fsp3) is 0.421. The number of benzene rings is 1. The topological polar surface area (TPSA) is 216 Å². The summed E-state index contributed by atoms with van der Waals surface area (Å²) in [7, 11) is -9.26. The molecule has 208 valence electrons. The third kappa shape index (κ3) is 5.05. The molecular weight excluding hydrogens is 593 g/mol. The minimum atomic E-state index is -5.54. The lowest BCUT2D eigenvalue weighted by molar-refractivity contribution is -0.0531. The van der Waals surface area contributed by atoms with Gasteiger partial charge in [0.05, 0.1) is 24.4 Å². The minimum absolute atomic E-state index is 0.221. The Bertz CT molecular complexity index is 1580. The molecule has 3 unspecified atom stereocenters. The Morgan fingerprint density at radius 1 is 1.11 bits per heavy atom. The van der Waals surface area contributed by atoms with Crippen molar-refractivity contribution in [1.29, 1.82) is 0 Å². The molecule has 0 radical (unpaired) electrons. The molecule has 1 aromatic carbocycles. The molecule has 4 rings (SSSR count). The van der Waals surface area contributed by atoms with Crippen LogP contribution in [0.4, 0.5) is 0 Å². The first-order chi connectivity index (χ1) is 17.6. The highest BCUT2D eigenvalue weighted by Crippen LogP contribution is 2.75. The summed E-state index contributed by atoms with van der Waals surface area (Å²) in [5, 5.41) is 26.0. The average molecular weight is 615 g/mol. The van der Waals surface area contributed by atoms with Gasteiger partial charge in [0.15, 0.2) is 6.23 Å². The number of nitrogens with zero attached hydrogens (tertiary/aromatic N) is 4. The van der Waals surface area contributed by atoms with Crippen LogP contribution in [0, 0.1) is 0 Å². The van der Waals surface area contributed by atoms with Gasteiger partial charge in [-0.3, -0.25) is 27.7 Å². The number of aliphatic hydroxyl groups is 2. The first-order valence-electron chi connectivity index (χ1n) is 10.7. The Labute approximate surface area is 223 Å². The Morgan fingerprint density at radius 3 is 2.42 bits per heavy atom. The number of halogens is 2. The van der Waals surface area contributed by atoms with Gasteiger partial charge in [0.25, 0.3) is 5.56 Å². The summed E-state index contributed by atoms with van der Waals surface area (Å²) in [6.07, 6.45) is -5.67. The van der Waals surface area contributed by atoms with Gasteiger partial charge >= 0.3 is 24.7 Å². The quantitative estimate of drug-likeness (QED) is 0.168. The van der Waals surface area contributed by atoms with Crippen molar-refractivity contribution in [2.45, 2.75) is 34.9 Å². The van der Waals surface area contributed by atoms with Gasteiger partial charge in [-0.2, -0.15) is 5.10 Å². The summed E-state index contributed by atoms with van der Waals surface area (Å²) >= 11 is 10.7. The molecule has 0 bridgehead atoms. The average Bonchev–Trinajstić information content (AvgIpc) is 3.30. The van der Waals surface area contributed by atoms with E-state index >= 15 is 0 Å².